The minimum atomic E-state index is -0.842. The smallest absolute Gasteiger partial charge is 0.230 e. The molecule has 2 aromatic heterocycles. The number of hydrogen-bond donors (Lipinski definition) is 0. The summed E-state index contributed by atoms with van der Waals surface area (Å²) < 4.78 is 28.9. The lowest BCUT2D eigenvalue weighted by atomic mass is 10.2. The van der Waals surface area contributed by atoms with Crippen LogP contribution in [0.4, 0.5) is 19.6 Å². The Morgan fingerprint density at radius 3 is 2.86 bits per heavy atom. The van der Waals surface area contributed by atoms with Crippen molar-refractivity contribution in [3.63, 3.8) is 0 Å². The number of rotatable bonds is 4. The summed E-state index contributed by atoms with van der Waals surface area (Å²) in [6.45, 7) is 1.29. The molecule has 9 heteroatoms. The first-order valence-electron chi connectivity index (χ1n) is 8.20. The van der Waals surface area contributed by atoms with E-state index in [0.29, 0.717) is 5.69 Å². The van der Waals surface area contributed by atoms with E-state index < -0.39 is 17.5 Å². The summed E-state index contributed by atoms with van der Waals surface area (Å²) in [6.07, 6.45) is 3.11. The highest BCUT2D eigenvalue weighted by atomic mass is 32.1. The quantitative estimate of drug-likeness (QED) is 0.481. The van der Waals surface area contributed by atoms with Gasteiger partial charge in [0.15, 0.2) is 5.13 Å². The molecule has 4 rings (SSSR count). The molecule has 28 heavy (non-hydrogen) atoms. The molecule has 1 amide bonds. The van der Waals surface area contributed by atoms with E-state index >= 15 is 0 Å². The van der Waals surface area contributed by atoms with E-state index in [2.05, 4.69) is 15.1 Å². The van der Waals surface area contributed by atoms with E-state index in [4.69, 9.17) is 0 Å². The van der Waals surface area contributed by atoms with Gasteiger partial charge in [-0.3, -0.25) is 9.69 Å². The van der Waals surface area contributed by atoms with E-state index in [0.717, 1.165) is 39.4 Å². The van der Waals surface area contributed by atoms with Crippen molar-refractivity contribution in [2.45, 2.75) is 6.92 Å². The van der Waals surface area contributed by atoms with Gasteiger partial charge in [-0.05, 0) is 24.3 Å². The summed E-state index contributed by atoms with van der Waals surface area (Å²) >= 11 is 1.15. The third-order valence-electron chi connectivity index (χ3n) is 3.92. The van der Waals surface area contributed by atoms with Crippen LogP contribution in [0, 0.1) is 11.6 Å². The van der Waals surface area contributed by atoms with Gasteiger partial charge in [0.1, 0.15) is 18.0 Å². The van der Waals surface area contributed by atoms with Gasteiger partial charge in [0, 0.05) is 18.4 Å². The lowest BCUT2D eigenvalue weighted by Crippen LogP contribution is -2.23. The topological polar surface area (TPSA) is 63.4 Å². The van der Waals surface area contributed by atoms with Crippen molar-refractivity contribution in [2.24, 2.45) is 5.10 Å². The Morgan fingerprint density at radius 1 is 1.25 bits per heavy atom. The van der Waals surface area contributed by atoms with Crippen LogP contribution in [0.1, 0.15) is 12.6 Å². The van der Waals surface area contributed by atoms with Gasteiger partial charge in [0.25, 0.3) is 0 Å². The van der Waals surface area contributed by atoms with Crippen molar-refractivity contribution in [3.05, 3.63) is 71.5 Å². The Kier molecular flexibility index (Phi) is 4.66. The van der Waals surface area contributed by atoms with Crippen LogP contribution in [0.3, 0.4) is 0 Å². The van der Waals surface area contributed by atoms with Crippen LogP contribution in [-0.4, -0.2) is 26.8 Å². The summed E-state index contributed by atoms with van der Waals surface area (Å²) in [5, 5.41) is 6.28. The molecule has 0 saturated carbocycles. The maximum atomic E-state index is 14.1. The zero-order valence-corrected chi connectivity index (χ0v) is 15.4. The van der Waals surface area contributed by atoms with Crippen LogP contribution in [0.2, 0.25) is 0 Å². The Hall–Kier alpha value is -3.46. The highest BCUT2D eigenvalue weighted by Gasteiger charge is 2.21. The molecule has 2 aromatic carbocycles. The van der Waals surface area contributed by atoms with E-state index in [1.54, 1.807) is 16.4 Å². The number of aromatic nitrogens is 3. The summed E-state index contributed by atoms with van der Waals surface area (Å²) in [7, 11) is 0. The number of carbonyl (C=O) groups is 1. The maximum Gasteiger partial charge on any atom is 0.230 e. The van der Waals surface area contributed by atoms with Crippen molar-refractivity contribution in [2.75, 3.05) is 4.90 Å². The Bertz CT molecular complexity index is 1200. The molecule has 0 N–H and O–H groups in total. The van der Waals surface area contributed by atoms with E-state index in [1.165, 1.54) is 19.2 Å². The molecule has 6 nitrogen and oxygen atoms in total. The van der Waals surface area contributed by atoms with Crippen LogP contribution in [0.25, 0.3) is 11.0 Å². The predicted molar refractivity (Wildman–Crippen MR) is 104 cm³/mol. The first kappa shape index (κ1) is 17.9. The molecule has 0 aliphatic rings. The van der Waals surface area contributed by atoms with Gasteiger partial charge in [-0.25, -0.2) is 23.4 Å². The summed E-state index contributed by atoms with van der Waals surface area (Å²) in [6, 6.07) is 10.6. The molecule has 0 saturated heterocycles. The van der Waals surface area contributed by atoms with E-state index in [9.17, 15) is 13.6 Å². The van der Waals surface area contributed by atoms with Gasteiger partial charge in [0.05, 0.1) is 28.6 Å². The highest BCUT2D eigenvalue weighted by molar-refractivity contribution is 7.14. The molecule has 0 radical (unpaired) electrons. The van der Waals surface area contributed by atoms with Crippen LogP contribution in [0.5, 0.6) is 0 Å². The molecule has 0 aliphatic carbocycles. The number of imidazole rings is 1. The van der Waals surface area contributed by atoms with Gasteiger partial charge in [-0.1, -0.05) is 12.1 Å². The third-order valence-corrected chi connectivity index (χ3v) is 4.76. The number of amides is 1. The number of halogens is 2. The van der Waals surface area contributed by atoms with Crippen molar-refractivity contribution in [1.29, 1.82) is 0 Å². The number of fused-ring (bicyclic) bond motifs is 1. The monoisotopic (exact) mass is 397 g/mol. The highest BCUT2D eigenvalue weighted by Crippen LogP contribution is 2.31. The molecule has 0 spiro atoms. The molecule has 0 bridgehead atoms. The molecular weight excluding hydrogens is 384 g/mol. The standard InChI is InChI=1S/C19H13F2N5OS/c1-12(27)26(17-7-6-13(20)8-15(17)21)19-24-14(10-28-19)9-23-25-11-22-16-4-2-3-5-18(16)25/h2-11H,1H3/b23-9-. The largest absolute Gasteiger partial charge is 0.274 e. The Labute approximate surface area is 162 Å². The predicted octanol–water partition coefficient (Wildman–Crippen LogP) is 4.34. The number of thiazole rings is 1. The average molecular weight is 397 g/mol. The molecule has 140 valence electrons. The lowest BCUT2D eigenvalue weighted by Gasteiger charge is -2.18. The number of para-hydroxylation sites is 2. The molecule has 0 fully saturated rings. The maximum absolute atomic E-state index is 14.1. The second kappa shape index (κ2) is 7.28. The molecule has 4 aromatic rings. The summed E-state index contributed by atoms with van der Waals surface area (Å²) in [4.78, 5) is 21.8. The fraction of sp³-hybridized carbons (Fsp3) is 0.0526. The van der Waals surface area contributed by atoms with E-state index in [1.807, 2.05) is 24.3 Å². The molecule has 2 heterocycles. The zero-order valence-electron chi connectivity index (χ0n) is 14.6. The SMILES string of the molecule is CC(=O)N(c1nc(/C=N\n2cnc3ccccc32)cs1)c1ccc(F)cc1F. The van der Waals surface area contributed by atoms with Crippen molar-refractivity contribution in [3.8, 4) is 0 Å². The van der Waals surface area contributed by atoms with Crippen molar-refractivity contribution in [1.82, 2.24) is 14.6 Å². The molecule has 0 atom stereocenters. The third kappa shape index (κ3) is 3.39. The minimum absolute atomic E-state index is 0.0626. The van der Waals surface area contributed by atoms with Crippen molar-refractivity contribution >= 4 is 45.3 Å². The minimum Gasteiger partial charge on any atom is -0.274 e. The fourth-order valence-corrected chi connectivity index (χ4v) is 3.50. The first-order valence-corrected chi connectivity index (χ1v) is 9.08. The summed E-state index contributed by atoms with van der Waals surface area (Å²) in [5.41, 5.74) is 2.08. The number of anilines is 2. The van der Waals surface area contributed by atoms with Gasteiger partial charge in [0.2, 0.25) is 5.91 Å². The van der Waals surface area contributed by atoms with Gasteiger partial charge in [-0.2, -0.15) is 5.10 Å². The molecule has 0 aliphatic heterocycles. The number of hydrogen-bond acceptors (Lipinski definition) is 5. The van der Waals surface area contributed by atoms with Gasteiger partial charge < -0.3 is 0 Å². The zero-order chi connectivity index (χ0) is 19.7. The van der Waals surface area contributed by atoms with Gasteiger partial charge in [-0.15, -0.1) is 11.3 Å². The average Bonchev–Trinajstić information content (AvgIpc) is 3.29. The number of benzene rings is 2. The molecule has 0 unspecified atom stereocenters. The molecular formula is C19H13F2N5OS. The second-order valence-electron chi connectivity index (χ2n) is 5.83. The Morgan fingerprint density at radius 2 is 2.07 bits per heavy atom. The summed E-state index contributed by atoms with van der Waals surface area (Å²) in [5.74, 6) is -2.00. The van der Waals surface area contributed by atoms with Crippen LogP contribution < -0.4 is 4.90 Å². The lowest BCUT2D eigenvalue weighted by molar-refractivity contribution is -0.115. The van der Waals surface area contributed by atoms with Crippen LogP contribution >= 0.6 is 11.3 Å². The van der Waals surface area contributed by atoms with Crippen molar-refractivity contribution < 1.29 is 13.6 Å². The number of carbonyl (C=O) groups excluding carboxylic acids is 1. The normalized spacial score (nSPS) is 11.4. The van der Waals surface area contributed by atoms with E-state index in [-0.39, 0.29) is 10.8 Å². The van der Waals surface area contributed by atoms with Crippen LogP contribution in [-0.2, 0) is 4.79 Å². The van der Waals surface area contributed by atoms with Gasteiger partial charge >= 0.3 is 0 Å². The first-order chi connectivity index (χ1) is 13.5. The second-order valence-corrected chi connectivity index (χ2v) is 6.66. The Balaban J connectivity index is 1.64. The fourth-order valence-electron chi connectivity index (χ4n) is 2.67. The van der Waals surface area contributed by atoms with Crippen LogP contribution in [0.15, 0.2) is 59.3 Å². The number of nitrogens with zero attached hydrogens (tertiary/aromatic N) is 5.